The van der Waals surface area contributed by atoms with Crippen LogP contribution in [0.25, 0.3) is 0 Å². The van der Waals surface area contributed by atoms with Crippen LogP contribution in [0.2, 0.25) is 0 Å². The summed E-state index contributed by atoms with van der Waals surface area (Å²) < 4.78 is 27.3. The molecule has 1 aromatic carbocycles. The van der Waals surface area contributed by atoms with E-state index < -0.39 is 17.5 Å². The molecule has 0 bridgehead atoms. The maximum absolute atomic E-state index is 13.8. The summed E-state index contributed by atoms with van der Waals surface area (Å²) in [6.07, 6.45) is 4.21. The number of primary amides is 1. The molecule has 1 aromatic rings. The van der Waals surface area contributed by atoms with E-state index in [1.165, 1.54) is 0 Å². The Kier molecular flexibility index (Phi) is 3.97. The fourth-order valence-corrected chi connectivity index (χ4v) is 2.80. The maximum atomic E-state index is 13.8. The van der Waals surface area contributed by atoms with Crippen LogP contribution in [0.15, 0.2) is 12.1 Å². The van der Waals surface area contributed by atoms with E-state index in [0.717, 1.165) is 31.7 Å². The number of anilines is 1. The SMILES string of the molecule is CC1(C)CCCCC1Nc1cc(C(N)=O)c(F)cc1F. The van der Waals surface area contributed by atoms with Gasteiger partial charge in [0, 0.05) is 12.1 Å². The molecule has 2 rings (SSSR count). The van der Waals surface area contributed by atoms with Crippen LogP contribution in [0.5, 0.6) is 0 Å². The Hall–Kier alpha value is -1.65. The molecule has 1 fully saturated rings. The van der Waals surface area contributed by atoms with Crippen molar-refractivity contribution in [2.75, 3.05) is 5.32 Å². The van der Waals surface area contributed by atoms with Gasteiger partial charge in [-0.2, -0.15) is 0 Å². The number of carbonyl (C=O) groups is 1. The molecule has 0 spiro atoms. The molecule has 0 radical (unpaired) electrons. The molecule has 20 heavy (non-hydrogen) atoms. The Morgan fingerprint density at radius 3 is 2.60 bits per heavy atom. The summed E-state index contributed by atoms with van der Waals surface area (Å²) in [7, 11) is 0. The van der Waals surface area contributed by atoms with Gasteiger partial charge in [-0.15, -0.1) is 0 Å². The zero-order chi connectivity index (χ0) is 14.9. The molecule has 3 nitrogen and oxygen atoms in total. The lowest BCUT2D eigenvalue weighted by molar-refractivity contribution is 0.0996. The van der Waals surface area contributed by atoms with Gasteiger partial charge >= 0.3 is 0 Å². The number of hydrogen-bond donors (Lipinski definition) is 2. The number of benzene rings is 1. The van der Waals surface area contributed by atoms with Crippen molar-refractivity contribution in [2.24, 2.45) is 11.1 Å². The molecule has 3 N–H and O–H groups in total. The largest absolute Gasteiger partial charge is 0.379 e. The van der Waals surface area contributed by atoms with Crippen molar-refractivity contribution in [2.45, 2.75) is 45.6 Å². The minimum atomic E-state index is -0.927. The third-order valence-corrected chi connectivity index (χ3v) is 4.16. The van der Waals surface area contributed by atoms with E-state index in [1.807, 2.05) is 0 Å². The smallest absolute Gasteiger partial charge is 0.251 e. The van der Waals surface area contributed by atoms with E-state index in [1.54, 1.807) is 0 Å². The van der Waals surface area contributed by atoms with Gasteiger partial charge in [-0.1, -0.05) is 26.7 Å². The third kappa shape index (κ3) is 2.92. The summed E-state index contributed by atoms with van der Waals surface area (Å²) >= 11 is 0. The Balaban J connectivity index is 2.29. The van der Waals surface area contributed by atoms with E-state index in [2.05, 4.69) is 19.2 Å². The van der Waals surface area contributed by atoms with Gasteiger partial charge in [-0.25, -0.2) is 8.78 Å². The van der Waals surface area contributed by atoms with Crippen molar-refractivity contribution in [3.8, 4) is 0 Å². The van der Waals surface area contributed by atoms with Crippen molar-refractivity contribution in [1.29, 1.82) is 0 Å². The van der Waals surface area contributed by atoms with Crippen LogP contribution in [0.1, 0.15) is 49.9 Å². The van der Waals surface area contributed by atoms with Crippen molar-refractivity contribution in [3.05, 3.63) is 29.3 Å². The van der Waals surface area contributed by atoms with Crippen molar-refractivity contribution < 1.29 is 13.6 Å². The molecule has 1 aliphatic carbocycles. The maximum Gasteiger partial charge on any atom is 0.251 e. The second-order valence-electron chi connectivity index (χ2n) is 6.11. The molecule has 1 aliphatic rings. The predicted octanol–water partition coefficient (Wildman–Crippen LogP) is 3.44. The Labute approximate surface area is 117 Å². The van der Waals surface area contributed by atoms with E-state index in [4.69, 9.17) is 5.73 Å². The first kappa shape index (κ1) is 14.8. The summed E-state index contributed by atoms with van der Waals surface area (Å²) in [6, 6.07) is 1.97. The van der Waals surface area contributed by atoms with Gasteiger partial charge in [0.15, 0.2) is 0 Å². The molecule has 0 saturated heterocycles. The van der Waals surface area contributed by atoms with E-state index in [0.29, 0.717) is 6.07 Å². The van der Waals surface area contributed by atoms with Gasteiger partial charge in [-0.3, -0.25) is 4.79 Å². The topological polar surface area (TPSA) is 55.1 Å². The lowest BCUT2D eigenvalue weighted by Crippen LogP contribution is -2.39. The fraction of sp³-hybridized carbons (Fsp3) is 0.533. The average molecular weight is 282 g/mol. The molecular weight excluding hydrogens is 262 g/mol. The zero-order valence-electron chi connectivity index (χ0n) is 11.8. The minimum absolute atomic E-state index is 0.0337. The van der Waals surface area contributed by atoms with Crippen molar-refractivity contribution in [3.63, 3.8) is 0 Å². The fourth-order valence-electron chi connectivity index (χ4n) is 2.80. The monoisotopic (exact) mass is 282 g/mol. The molecule has 110 valence electrons. The molecule has 1 amide bonds. The summed E-state index contributed by atoms with van der Waals surface area (Å²) in [5.41, 5.74) is 4.97. The summed E-state index contributed by atoms with van der Waals surface area (Å²) in [4.78, 5) is 11.1. The molecular formula is C15H20F2N2O. The van der Waals surface area contributed by atoms with E-state index >= 15 is 0 Å². The zero-order valence-corrected chi connectivity index (χ0v) is 11.8. The number of rotatable bonds is 3. The van der Waals surface area contributed by atoms with Crippen LogP contribution in [0, 0.1) is 17.0 Å². The van der Waals surface area contributed by atoms with Gasteiger partial charge in [-0.05, 0) is 24.3 Å². The molecule has 1 unspecified atom stereocenters. The van der Waals surface area contributed by atoms with Crippen LogP contribution < -0.4 is 11.1 Å². The van der Waals surface area contributed by atoms with Crippen LogP contribution in [0.3, 0.4) is 0 Å². The summed E-state index contributed by atoms with van der Waals surface area (Å²) in [5.74, 6) is -2.52. The van der Waals surface area contributed by atoms with E-state index in [9.17, 15) is 13.6 Å². The molecule has 1 saturated carbocycles. The third-order valence-electron chi connectivity index (χ3n) is 4.16. The van der Waals surface area contributed by atoms with Crippen LogP contribution >= 0.6 is 0 Å². The lowest BCUT2D eigenvalue weighted by atomic mass is 9.73. The highest BCUT2D eigenvalue weighted by Crippen LogP contribution is 2.37. The quantitative estimate of drug-likeness (QED) is 0.892. The highest BCUT2D eigenvalue weighted by molar-refractivity contribution is 5.94. The number of hydrogen-bond acceptors (Lipinski definition) is 2. The summed E-state index contributed by atoms with van der Waals surface area (Å²) in [6.45, 7) is 4.25. The first-order chi connectivity index (χ1) is 9.31. The first-order valence-electron chi connectivity index (χ1n) is 6.86. The number of amides is 1. The van der Waals surface area contributed by atoms with Crippen LogP contribution in [-0.2, 0) is 0 Å². The molecule has 1 atom stereocenters. The highest BCUT2D eigenvalue weighted by Gasteiger charge is 2.32. The highest BCUT2D eigenvalue weighted by atomic mass is 19.1. The van der Waals surface area contributed by atoms with Gasteiger partial charge in [0.25, 0.3) is 5.91 Å². The molecule has 0 aromatic heterocycles. The Morgan fingerprint density at radius 2 is 2.00 bits per heavy atom. The Bertz CT molecular complexity index is 529. The summed E-state index contributed by atoms with van der Waals surface area (Å²) in [5, 5.41) is 3.11. The van der Waals surface area contributed by atoms with E-state index in [-0.39, 0.29) is 22.7 Å². The second kappa shape index (κ2) is 5.38. The number of nitrogens with two attached hydrogens (primary N) is 1. The minimum Gasteiger partial charge on any atom is -0.379 e. The predicted molar refractivity (Wildman–Crippen MR) is 74.5 cm³/mol. The molecule has 0 aliphatic heterocycles. The number of halogens is 2. The van der Waals surface area contributed by atoms with Crippen LogP contribution in [0.4, 0.5) is 14.5 Å². The normalized spacial score (nSPS) is 21.5. The average Bonchev–Trinajstić information content (AvgIpc) is 2.34. The first-order valence-corrected chi connectivity index (χ1v) is 6.86. The molecule has 5 heteroatoms. The van der Waals surface area contributed by atoms with Gasteiger partial charge in [0.2, 0.25) is 0 Å². The van der Waals surface area contributed by atoms with Gasteiger partial charge in [0.05, 0.1) is 11.3 Å². The lowest BCUT2D eigenvalue weighted by Gasteiger charge is -2.39. The van der Waals surface area contributed by atoms with Crippen LogP contribution in [-0.4, -0.2) is 11.9 Å². The standard InChI is InChI=1S/C15H20F2N2O/c1-15(2)6-4-3-5-13(15)19-12-7-9(14(18)20)10(16)8-11(12)17/h7-8,13,19H,3-6H2,1-2H3,(H2,18,20). The molecule has 0 heterocycles. The van der Waals surface area contributed by atoms with Gasteiger partial charge in [0.1, 0.15) is 11.6 Å². The van der Waals surface area contributed by atoms with Crippen molar-refractivity contribution >= 4 is 11.6 Å². The van der Waals surface area contributed by atoms with Gasteiger partial charge < -0.3 is 11.1 Å². The second-order valence-corrected chi connectivity index (χ2v) is 6.11. The van der Waals surface area contributed by atoms with Crippen molar-refractivity contribution in [1.82, 2.24) is 0 Å². The number of carbonyl (C=O) groups excluding carboxylic acids is 1. The Morgan fingerprint density at radius 1 is 1.30 bits per heavy atom. The number of nitrogens with one attached hydrogen (secondary N) is 1.